The van der Waals surface area contributed by atoms with Gasteiger partial charge in [-0.15, -0.1) is 0 Å². The minimum Gasteiger partial charge on any atom is -0.478 e. The zero-order valence-electron chi connectivity index (χ0n) is 24.5. The number of fused-ring (bicyclic) bond motifs is 3. The molecule has 2 N–H and O–H groups in total. The van der Waals surface area contributed by atoms with Crippen molar-refractivity contribution in [3.8, 4) is 11.1 Å². The first-order chi connectivity index (χ1) is 18.9. The zero-order chi connectivity index (χ0) is 28.4. The van der Waals surface area contributed by atoms with Crippen molar-refractivity contribution in [3.05, 3.63) is 58.1 Å². The quantitative estimate of drug-likeness (QED) is 0.211. The van der Waals surface area contributed by atoms with E-state index in [1.807, 2.05) is 18.2 Å². The molecule has 1 aliphatic carbocycles. The fourth-order valence-electron chi connectivity index (χ4n) is 6.39. The van der Waals surface area contributed by atoms with Gasteiger partial charge in [-0.3, -0.25) is 0 Å². The van der Waals surface area contributed by atoms with Crippen LogP contribution >= 0.6 is 0 Å². The number of nitrogens with zero attached hydrogens (tertiary/aromatic N) is 2. The molecular formula is C33H48N2O4. The molecule has 0 saturated carbocycles. The van der Waals surface area contributed by atoms with E-state index in [1.54, 1.807) is 12.1 Å². The van der Waals surface area contributed by atoms with Gasteiger partial charge in [-0.25, -0.2) is 9.59 Å². The molecule has 0 aromatic heterocycles. The Hall–Kier alpha value is -2.70. The molecule has 0 aliphatic heterocycles. The first kappa shape index (κ1) is 30.8. The molecule has 0 bridgehead atoms. The highest BCUT2D eigenvalue weighted by molar-refractivity contribution is 5.94. The summed E-state index contributed by atoms with van der Waals surface area (Å²) in [6.07, 6.45) is 7.94. The predicted molar refractivity (Wildman–Crippen MR) is 159 cm³/mol. The Bertz CT molecular complexity index is 1100. The molecular weight excluding hydrogens is 488 g/mol. The van der Waals surface area contributed by atoms with Gasteiger partial charge in [0.25, 0.3) is 0 Å². The van der Waals surface area contributed by atoms with Crippen LogP contribution in [0.5, 0.6) is 0 Å². The maximum atomic E-state index is 12.4. The molecule has 214 valence electrons. The van der Waals surface area contributed by atoms with Gasteiger partial charge in [0, 0.05) is 5.92 Å². The van der Waals surface area contributed by atoms with E-state index in [0.29, 0.717) is 17.5 Å². The lowest BCUT2D eigenvalue weighted by Crippen LogP contribution is -2.27. The van der Waals surface area contributed by atoms with Gasteiger partial charge in [-0.05, 0) is 137 Å². The summed E-state index contributed by atoms with van der Waals surface area (Å²) in [5, 5.41) is 19.9. The summed E-state index contributed by atoms with van der Waals surface area (Å²) >= 11 is 0. The van der Waals surface area contributed by atoms with Gasteiger partial charge in [0.15, 0.2) is 0 Å². The van der Waals surface area contributed by atoms with Crippen molar-refractivity contribution in [3.63, 3.8) is 0 Å². The molecule has 39 heavy (non-hydrogen) atoms. The van der Waals surface area contributed by atoms with Crippen molar-refractivity contribution < 1.29 is 19.8 Å². The Labute approximate surface area is 235 Å². The number of benzene rings is 2. The summed E-state index contributed by atoms with van der Waals surface area (Å²) in [5.74, 6) is -1.80. The van der Waals surface area contributed by atoms with Crippen LogP contribution in [0.15, 0.2) is 30.3 Å². The number of carboxylic acids is 2. The number of carbonyl (C=O) groups is 2. The SMILES string of the molecule is CCCN(CCC)CCCc1c(C(=O)O)ccc2c1C(CCCN(CCC)CCC)c1cc(C(=O)O)ccc1-2. The minimum absolute atomic E-state index is 0.0103. The molecule has 0 radical (unpaired) electrons. The molecule has 1 unspecified atom stereocenters. The molecule has 3 rings (SSSR count). The third-order valence-electron chi connectivity index (χ3n) is 7.93. The minimum atomic E-state index is -0.928. The van der Waals surface area contributed by atoms with Crippen LogP contribution in [0, 0.1) is 0 Å². The maximum absolute atomic E-state index is 12.4. The summed E-state index contributed by atoms with van der Waals surface area (Å²) in [6.45, 7) is 15.0. The highest BCUT2D eigenvalue weighted by Gasteiger charge is 2.33. The molecule has 0 saturated heterocycles. The van der Waals surface area contributed by atoms with Gasteiger partial charge in [-0.2, -0.15) is 0 Å². The lowest BCUT2D eigenvalue weighted by molar-refractivity contribution is 0.0685. The summed E-state index contributed by atoms with van der Waals surface area (Å²) in [4.78, 5) is 29.2. The van der Waals surface area contributed by atoms with Gasteiger partial charge in [0.2, 0.25) is 0 Å². The summed E-state index contributed by atoms with van der Waals surface area (Å²) in [5.41, 5.74) is 5.89. The van der Waals surface area contributed by atoms with Crippen LogP contribution in [-0.2, 0) is 6.42 Å². The fourth-order valence-corrected chi connectivity index (χ4v) is 6.39. The fraction of sp³-hybridized carbons (Fsp3) is 0.576. The highest BCUT2D eigenvalue weighted by atomic mass is 16.4. The lowest BCUT2D eigenvalue weighted by Gasteiger charge is -2.24. The van der Waals surface area contributed by atoms with Crippen molar-refractivity contribution in [2.45, 2.75) is 85.0 Å². The first-order valence-electron chi connectivity index (χ1n) is 15.1. The number of hydrogen-bond acceptors (Lipinski definition) is 4. The van der Waals surface area contributed by atoms with E-state index in [2.05, 4.69) is 37.5 Å². The van der Waals surface area contributed by atoms with Crippen molar-refractivity contribution in [2.75, 3.05) is 39.3 Å². The predicted octanol–water partition coefficient (Wildman–Crippen LogP) is 7.15. The third kappa shape index (κ3) is 7.70. The van der Waals surface area contributed by atoms with Gasteiger partial charge in [-0.1, -0.05) is 39.8 Å². The van der Waals surface area contributed by atoms with Gasteiger partial charge >= 0.3 is 11.9 Å². The molecule has 1 aliphatic rings. The molecule has 6 nitrogen and oxygen atoms in total. The van der Waals surface area contributed by atoms with E-state index in [-0.39, 0.29) is 5.92 Å². The number of hydrogen-bond donors (Lipinski definition) is 2. The van der Waals surface area contributed by atoms with E-state index in [9.17, 15) is 19.8 Å². The van der Waals surface area contributed by atoms with Gasteiger partial charge < -0.3 is 20.0 Å². The van der Waals surface area contributed by atoms with Crippen LogP contribution in [0.3, 0.4) is 0 Å². The highest BCUT2D eigenvalue weighted by Crippen LogP contribution is 2.49. The van der Waals surface area contributed by atoms with Crippen LogP contribution in [0.2, 0.25) is 0 Å². The van der Waals surface area contributed by atoms with Gasteiger partial charge in [0.05, 0.1) is 11.1 Å². The average Bonchev–Trinajstić information content (AvgIpc) is 3.22. The Kier molecular flexibility index (Phi) is 12.0. The summed E-state index contributed by atoms with van der Waals surface area (Å²) in [6, 6.07) is 9.13. The van der Waals surface area contributed by atoms with Crippen molar-refractivity contribution in [1.29, 1.82) is 0 Å². The topological polar surface area (TPSA) is 81.1 Å². The standard InChI is InChI=1S/C33H48N2O4/c1-5-17-34(18-6-2)21-9-11-26-29(33(38)39)16-15-28-25-14-13-24(32(36)37)23-30(25)27(31(26)28)12-10-22-35(19-7-3)20-8-4/h13-16,23,27H,5-12,17-22H2,1-4H3,(H,36,37)(H,38,39). The maximum Gasteiger partial charge on any atom is 0.335 e. The largest absolute Gasteiger partial charge is 0.478 e. The van der Waals surface area contributed by atoms with E-state index >= 15 is 0 Å². The lowest BCUT2D eigenvalue weighted by atomic mass is 9.85. The number of aromatic carboxylic acids is 2. The van der Waals surface area contributed by atoms with Crippen LogP contribution in [-0.4, -0.2) is 71.2 Å². The second-order valence-corrected chi connectivity index (χ2v) is 10.9. The number of carboxylic acid groups (broad SMARTS) is 2. The van der Waals surface area contributed by atoms with Crippen LogP contribution in [0.1, 0.15) is 116 Å². The molecule has 0 fully saturated rings. The Morgan fingerprint density at radius 3 is 1.82 bits per heavy atom. The van der Waals surface area contributed by atoms with Crippen LogP contribution < -0.4 is 0 Å². The Balaban J connectivity index is 1.98. The second kappa shape index (κ2) is 15.2. The molecule has 0 heterocycles. The monoisotopic (exact) mass is 536 g/mol. The Morgan fingerprint density at radius 2 is 1.28 bits per heavy atom. The normalized spacial score (nSPS) is 14.2. The molecule has 1 atom stereocenters. The van der Waals surface area contributed by atoms with Crippen molar-refractivity contribution in [1.82, 2.24) is 9.80 Å². The average molecular weight is 537 g/mol. The molecule has 6 heteroatoms. The number of rotatable bonds is 18. The molecule has 0 amide bonds. The zero-order valence-corrected chi connectivity index (χ0v) is 24.5. The van der Waals surface area contributed by atoms with E-state index < -0.39 is 11.9 Å². The molecule has 2 aromatic rings. The smallest absolute Gasteiger partial charge is 0.335 e. The third-order valence-corrected chi connectivity index (χ3v) is 7.93. The van der Waals surface area contributed by atoms with E-state index in [4.69, 9.17) is 0 Å². The van der Waals surface area contributed by atoms with Crippen molar-refractivity contribution in [2.24, 2.45) is 0 Å². The Morgan fingerprint density at radius 1 is 0.718 bits per heavy atom. The van der Waals surface area contributed by atoms with Crippen LogP contribution in [0.25, 0.3) is 11.1 Å². The summed E-state index contributed by atoms with van der Waals surface area (Å²) < 4.78 is 0. The molecule has 0 spiro atoms. The molecule has 2 aromatic carbocycles. The van der Waals surface area contributed by atoms with E-state index in [0.717, 1.165) is 112 Å². The van der Waals surface area contributed by atoms with Crippen molar-refractivity contribution >= 4 is 11.9 Å². The van der Waals surface area contributed by atoms with Gasteiger partial charge in [0.1, 0.15) is 0 Å². The second-order valence-electron chi connectivity index (χ2n) is 10.9. The van der Waals surface area contributed by atoms with E-state index in [1.165, 1.54) is 0 Å². The summed E-state index contributed by atoms with van der Waals surface area (Å²) in [7, 11) is 0. The first-order valence-corrected chi connectivity index (χ1v) is 15.1. The van der Waals surface area contributed by atoms with Crippen LogP contribution in [0.4, 0.5) is 0 Å².